The zero-order chi connectivity index (χ0) is 14.9. The van der Waals surface area contributed by atoms with Crippen LogP contribution in [0, 0.1) is 12.3 Å². The van der Waals surface area contributed by atoms with E-state index in [0.29, 0.717) is 31.9 Å². The Morgan fingerprint density at radius 1 is 1.10 bits per heavy atom. The van der Waals surface area contributed by atoms with Crippen molar-refractivity contribution in [2.24, 2.45) is 5.41 Å². The van der Waals surface area contributed by atoms with Gasteiger partial charge in [-0.2, -0.15) is 0 Å². The number of aryl methyl sites for hydroxylation is 1. The summed E-state index contributed by atoms with van der Waals surface area (Å²) in [6.07, 6.45) is 1.53. The van der Waals surface area contributed by atoms with Gasteiger partial charge in [-0.3, -0.25) is 9.59 Å². The molecule has 5 nitrogen and oxygen atoms in total. The Hall–Kier alpha value is -1.78. The van der Waals surface area contributed by atoms with E-state index in [0.717, 1.165) is 5.56 Å². The van der Waals surface area contributed by atoms with Crippen LogP contribution in [0.15, 0.2) is 16.7 Å². The first-order valence-corrected chi connectivity index (χ1v) is 6.93. The summed E-state index contributed by atoms with van der Waals surface area (Å²) in [6, 6.07) is 1.78. The number of furan rings is 1. The summed E-state index contributed by atoms with van der Waals surface area (Å²) < 4.78 is 5.24. The second-order valence-corrected chi connectivity index (χ2v) is 6.27. The number of carbonyl (C=O) groups is 2. The predicted molar refractivity (Wildman–Crippen MR) is 75.4 cm³/mol. The van der Waals surface area contributed by atoms with Crippen molar-refractivity contribution >= 4 is 11.8 Å². The number of piperazine rings is 1. The van der Waals surface area contributed by atoms with Crippen LogP contribution in [0.25, 0.3) is 0 Å². The van der Waals surface area contributed by atoms with Gasteiger partial charge in [-0.15, -0.1) is 0 Å². The molecule has 1 aliphatic rings. The van der Waals surface area contributed by atoms with E-state index in [1.54, 1.807) is 11.0 Å². The quantitative estimate of drug-likeness (QED) is 0.788. The average molecular weight is 278 g/mol. The zero-order valence-electron chi connectivity index (χ0n) is 12.6. The number of hydrogen-bond donors (Lipinski definition) is 0. The third-order valence-corrected chi connectivity index (χ3v) is 3.55. The van der Waals surface area contributed by atoms with Crippen molar-refractivity contribution in [3.8, 4) is 0 Å². The second-order valence-electron chi connectivity index (χ2n) is 6.27. The van der Waals surface area contributed by atoms with Crippen molar-refractivity contribution in [3.05, 3.63) is 23.7 Å². The molecule has 2 amide bonds. The van der Waals surface area contributed by atoms with Gasteiger partial charge in [-0.25, -0.2) is 0 Å². The highest BCUT2D eigenvalue weighted by Gasteiger charge is 2.31. The van der Waals surface area contributed by atoms with Crippen LogP contribution in [0.5, 0.6) is 0 Å². The van der Waals surface area contributed by atoms with Crippen molar-refractivity contribution in [2.75, 3.05) is 26.2 Å². The lowest BCUT2D eigenvalue weighted by Crippen LogP contribution is -2.53. The molecular weight excluding hydrogens is 256 g/mol. The molecule has 0 spiro atoms. The zero-order valence-corrected chi connectivity index (χ0v) is 12.6. The topological polar surface area (TPSA) is 53.8 Å². The van der Waals surface area contributed by atoms with E-state index in [9.17, 15) is 9.59 Å². The fraction of sp³-hybridized carbons (Fsp3) is 0.600. The number of rotatable bonds is 1. The largest absolute Gasteiger partial charge is 0.459 e. The van der Waals surface area contributed by atoms with E-state index in [1.807, 2.05) is 32.6 Å². The first kappa shape index (κ1) is 14.6. The van der Waals surface area contributed by atoms with Gasteiger partial charge >= 0.3 is 0 Å². The van der Waals surface area contributed by atoms with Crippen molar-refractivity contribution in [1.29, 1.82) is 0 Å². The van der Waals surface area contributed by atoms with Crippen LogP contribution in [0.2, 0.25) is 0 Å². The van der Waals surface area contributed by atoms with E-state index < -0.39 is 0 Å². The van der Waals surface area contributed by atoms with Gasteiger partial charge in [0.1, 0.15) is 0 Å². The SMILES string of the molecule is Cc1ccoc1C(=O)N1CCN(C(=O)C(C)(C)C)CC1. The predicted octanol–water partition coefficient (Wildman–Crippen LogP) is 1.92. The highest BCUT2D eigenvalue weighted by molar-refractivity contribution is 5.93. The van der Waals surface area contributed by atoms with E-state index in [1.165, 1.54) is 6.26 Å². The molecule has 1 aromatic rings. The van der Waals surface area contributed by atoms with Crippen LogP contribution in [0.3, 0.4) is 0 Å². The van der Waals surface area contributed by atoms with Gasteiger partial charge in [0.2, 0.25) is 5.91 Å². The summed E-state index contributed by atoms with van der Waals surface area (Å²) in [5.74, 6) is 0.453. The molecule has 5 heteroatoms. The molecule has 0 aromatic carbocycles. The normalized spacial score (nSPS) is 16.4. The van der Waals surface area contributed by atoms with Crippen LogP contribution in [-0.4, -0.2) is 47.8 Å². The minimum absolute atomic E-state index is 0.0876. The van der Waals surface area contributed by atoms with Gasteiger partial charge in [0.15, 0.2) is 5.76 Å². The minimum Gasteiger partial charge on any atom is -0.459 e. The molecule has 2 rings (SSSR count). The lowest BCUT2D eigenvalue weighted by atomic mass is 9.94. The van der Waals surface area contributed by atoms with Gasteiger partial charge in [0.05, 0.1) is 6.26 Å². The number of carbonyl (C=O) groups excluding carboxylic acids is 2. The van der Waals surface area contributed by atoms with Gasteiger partial charge in [0, 0.05) is 37.2 Å². The fourth-order valence-electron chi connectivity index (χ4n) is 2.32. The Balaban J connectivity index is 1.97. The van der Waals surface area contributed by atoms with Crippen LogP contribution < -0.4 is 0 Å². The summed E-state index contributed by atoms with van der Waals surface area (Å²) in [5.41, 5.74) is 0.479. The first-order valence-electron chi connectivity index (χ1n) is 6.93. The van der Waals surface area contributed by atoms with Crippen molar-refractivity contribution in [1.82, 2.24) is 9.80 Å². The van der Waals surface area contributed by atoms with Gasteiger partial charge in [-0.1, -0.05) is 20.8 Å². The van der Waals surface area contributed by atoms with Crippen molar-refractivity contribution in [3.63, 3.8) is 0 Å². The van der Waals surface area contributed by atoms with Gasteiger partial charge in [0.25, 0.3) is 5.91 Å². The molecule has 1 fully saturated rings. The molecule has 2 heterocycles. The smallest absolute Gasteiger partial charge is 0.289 e. The third-order valence-electron chi connectivity index (χ3n) is 3.55. The molecule has 1 saturated heterocycles. The van der Waals surface area contributed by atoms with E-state index >= 15 is 0 Å². The van der Waals surface area contributed by atoms with E-state index in [2.05, 4.69) is 0 Å². The van der Waals surface area contributed by atoms with Gasteiger partial charge < -0.3 is 14.2 Å². The molecule has 1 aromatic heterocycles. The summed E-state index contributed by atoms with van der Waals surface area (Å²) in [6.45, 7) is 9.89. The molecule has 0 N–H and O–H groups in total. The van der Waals surface area contributed by atoms with E-state index in [-0.39, 0.29) is 17.2 Å². The molecule has 0 saturated carbocycles. The van der Waals surface area contributed by atoms with Crippen LogP contribution in [0.1, 0.15) is 36.9 Å². The molecule has 0 bridgehead atoms. The Morgan fingerprint density at radius 2 is 1.65 bits per heavy atom. The monoisotopic (exact) mass is 278 g/mol. The molecule has 1 aliphatic heterocycles. The third kappa shape index (κ3) is 2.86. The standard InChI is InChI=1S/C15H22N2O3/c1-11-5-10-20-12(11)13(18)16-6-8-17(9-7-16)14(19)15(2,3)4/h5,10H,6-9H2,1-4H3. The molecule has 20 heavy (non-hydrogen) atoms. The summed E-state index contributed by atoms with van der Waals surface area (Å²) in [4.78, 5) is 28.0. The Bertz CT molecular complexity index is 505. The van der Waals surface area contributed by atoms with Crippen LogP contribution >= 0.6 is 0 Å². The molecule has 0 atom stereocenters. The number of nitrogens with zero attached hydrogens (tertiary/aromatic N) is 2. The van der Waals surface area contributed by atoms with Crippen molar-refractivity contribution < 1.29 is 14.0 Å². The fourth-order valence-corrected chi connectivity index (χ4v) is 2.32. The van der Waals surface area contributed by atoms with E-state index in [4.69, 9.17) is 4.42 Å². The minimum atomic E-state index is -0.371. The number of amides is 2. The molecule has 0 radical (unpaired) electrons. The average Bonchev–Trinajstić information content (AvgIpc) is 2.82. The molecule has 0 aliphatic carbocycles. The maximum absolute atomic E-state index is 12.3. The maximum Gasteiger partial charge on any atom is 0.289 e. The Labute approximate surface area is 119 Å². The second kappa shape index (κ2) is 5.31. The Kier molecular flexibility index (Phi) is 3.88. The van der Waals surface area contributed by atoms with Crippen LogP contribution in [-0.2, 0) is 4.79 Å². The van der Waals surface area contributed by atoms with Crippen molar-refractivity contribution in [2.45, 2.75) is 27.7 Å². The lowest BCUT2D eigenvalue weighted by Gasteiger charge is -2.37. The number of hydrogen-bond acceptors (Lipinski definition) is 3. The molecule has 0 unspecified atom stereocenters. The summed E-state index contributed by atoms with van der Waals surface area (Å²) >= 11 is 0. The lowest BCUT2D eigenvalue weighted by molar-refractivity contribution is -0.140. The maximum atomic E-state index is 12.3. The van der Waals surface area contributed by atoms with Crippen LogP contribution in [0.4, 0.5) is 0 Å². The highest BCUT2D eigenvalue weighted by atomic mass is 16.3. The van der Waals surface area contributed by atoms with Gasteiger partial charge in [-0.05, 0) is 13.0 Å². The summed E-state index contributed by atoms with van der Waals surface area (Å²) in [5, 5.41) is 0. The summed E-state index contributed by atoms with van der Waals surface area (Å²) in [7, 11) is 0. The highest BCUT2D eigenvalue weighted by Crippen LogP contribution is 2.19. The first-order chi connectivity index (χ1) is 9.30. The Morgan fingerprint density at radius 3 is 2.10 bits per heavy atom. The molecular formula is C15H22N2O3. The molecule has 110 valence electrons.